The van der Waals surface area contributed by atoms with E-state index in [0.717, 1.165) is 0 Å². The molecule has 0 fully saturated rings. The molecular weight excluding hydrogens is 176 g/mol. The first-order chi connectivity index (χ1) is 6.65. The van der Waals surface area contributed by atoms with Gasteiger partial charge in [0.2, 0.25) is 5.91 Å². The number of hydrogen-bond donors (Lipinski definition) is 0. The van der Waals surface area contributed by atoms with Crippen LogP contribution in [0, 0.1) is 23.2 Å². The summed E-state index contributed by atoms with van der Waals surface area (Å²) in [5.74, 6) is 0.0136. The van der Waals surface area contributed by atoms with Gasteiger partial charge >= 0.3 is 0 Å². The average Bonchev–Trinajstić information content (AvgIpc) is 2.65. The second-order valence-electron chi connectivity index (χ2n) is 3.67. The predicted molar refractivity (Wildman–Crippen MR) is 53.6 cm³/mol. The maximum atomic E-state index is 11.6. The van der Waals surface area contributed by atoms with Crippen LogP contribution in [0.4, 0.5) is 0 Å². The van der Waals surface area contributed by atoms with Gasteiger partial charge in [-0.3, -0.25) is 9.36 Å². The van der Waals surface area contributed by atoms with Gasteiger partial charge in [0.25, 0.3) is 0 Å². The van der Waals surface area contributed by atoms with E-state index in [9.17, 15) is 4.79 Å². The van der Waals surface area contributed by atoms with E-state index in [1.807, 2.05) is 13.8 Å². The van der Waals surface area contributed by atoms with Crippen molar-refractivity contribution < 1.29 is 4.79 Å². The van der Waals surface area contributed by atoms with Crippen LogP contribution in [-0.2, 0) is 0 Å². The van der Waals surface area contributed by atoms with Gasteiger partial charge in [-0.1, -0.05) is 13.8 Å². The third-order valence-corrected chi connectivity index (χ3v) is 2.26. The average molecular weight is 190 g/mol. The molecule has 1 aromatic rings. The molecule has 0 N–H and O–H groups in total. The molecule has 0 bridgehead atoms. The van der Waals surface area contributed by atoms with E-state index in [0.29, 0.717) is 6.42 Å². The van der Waals surface area contributed by atoms with E-state index in [4.69, 9.17) is 5.26 Å². The molecule has 74 valence electrons. The van der Waals surface area contributed by atoms with Gasteiger partial charge in [-0.05, 0) is 18.1 Å². The lowest BCUT2D eigenvalue weighted by Gasteiger charge is -2.11. The van der Waals surface area contributed by atoms with E-state index in [1.54, 1.807) is 24.5 Å². The first kappa shape index (κ1) is 10.5. The Morgan fingerprint density at radius 3 is 2.43 bits per heavy atom. The summed E-state index contributed by atoms with van der Waals surface area (Å²) in [6.07, 6.45) is 3.71. The van der Waals surface area contributed by atoms with Gasteiger partial charge in [0.1, 0.15) is 0 Å². The largest absolute Gasteiger partial charge is 0.295 e. The number of hydrogen-bond acceptors (Lipinski definition) is 2. The Hall–Kier alpha value is -1.56. The normalized spacial score (nSPS) is 12.4. The van der Waals surface area contributed by atoms with E-state index in [-0.39, 0.29) is 17.7 Å². The monoisotopic (exact) mass is 190 g/mol. The number of aromatic nitrogens is 1. The zero-order chi connectivity index (χ0) is 10.6. The molecule has 0 aliphatic rings. The van der Waals surface area contributed by atoms with Crippen molar-refractivity contribution in [2.24, 2.45) is 11.8 Å². The van der Waals surface area contributed by atoms with Gasteiger partial charge in [0, 0.05) is 18.8 Å². The fourth-order valence-electron chi connectivity index (χ4n) is 1.22. The molecule has 1 atom stereocenters. The Bertz CT molecular complexity index is 333. The van der Waals surface area contributed by atoms with Crippen molar-refractivity contribution >= 4 is 5.91 Å². The molecule has 0 saturated carbocycles. The molecule has 0 saturated heterocycles. The van der Waals surface area contributed by atoms with Gasteiger partial charge in [-0.15, -0.1) is 0 Å². The van der Waals surface area contributed by atoms with Crippen molar-refractivity contribution in [2.75, 3.05) is 0 Å². The topological polar surface area (TPSA) is 45.8 Å². The lowest BCUT2D eigenvalue weighted by Crippen LogP contribution is -2.16. The Morgan fingerprint density at radius 2 is 2.00 bits per heavy atom. The highest BCUT2D eigenvalue weighted by Gasteiger charge is 2.17. The summed E-state index contributed by atoms with van der Waals surface area (Å²) in [5, 5.41) is 8.83. The van der Waals surface area contributed by atoms with Crippen LogP contribution in [0.2, 0.25) is 0 Å². The molecule has 0 radical (unpaired) electrons. The molecule has 14 heavy (non-hydrogen) atoms. The van der Waals surface area contributed by atoms with Crippen LogP contribution < -0.4 is 0 Å². The van der Waals surface area contributed by atoms with Crippen LogP contribution in [-0.4, -0.2) is 10.5 Å². The minimum atomic E-state index is -0.190. The first-order valence-electron chi connectivity index (χ1n) is 4.71. The SMILES string of the molecule is CC(C)C(C#N)CC(=O)n1cccc1. The highest BCUT2D eigenvalue weighted by Crippen LogP contribution is 2.14. The lowest BCUT2D eigenvalue weighted by atomic mass is 9.94. The number of rotatable bonds is 3. The zero-order valence-electron chi connectivity index (χ0n) is 8.47. The molecular formula is C11H14N2O. The number of carbonyl (C=O) groups excluding carboxylic acids is 1. The number of nitrogens with zero attached hydrogens (tertiary/aromatic N) is 2. The van der Waals surface area contributed by atoms with Crippen LogP contribution in [0.3, 0.4) is 0 Å². The highest BCUT2D eigenvalue weighted by atomic mass is 16.1. The van der Waals surface area contributed by atoms with E-state index >= 15 is 0 Å². The molecule has 0 aliphatic heterocycles. The number of carbonyl (C=O) groups is 1. The van der Waals surface area contributed by atoms with E-state index in [1.165, 1.54) is 4.57 Å². The van der Waals surface area contributed by atoms with E-state index in [2.05, 4.69) is 6.07 Å². The fourth-order valence-corrected chi connectivity index (χ4v) is 1.22. The van der Waals surface area contributed by atoms with Crippen LogP contribution in [0.25, 0.3) is 0 Å². The Kier molecular flexibility index (Phi) is 3.47. The molecule has 3 heteroatoms. The summed E-state index contributed by atoms with van der Waals surface area (Å²) in [6, 6.07) is 5.76. The molecule has 3 nitrogen and oxygen atoms in total. The number of nitriles is 1. The fraction of sp³-hybridized carbons (Fsp3) is 0.455. The highest BCUT2D eigenvalue weighted by molar-refractivity contribution is 5.79. The molecule has 1 heterocycles. The Labute approximate surface area is 84.0 Å². The van der Waals surface area contributed by atoms with Crippen molar-refractivity contribution in [1.82, 2.24) is 4.57 Å². The summed E-state index contributed by atoms with van der Waals surface area (Å²) in [7, 11) is 0. The minimum Gasteiger partial charge on any atom is -0.295 e. The maximum absolute atomic E-state index is 11.6. The van der Waals surface area contributed by atoms with Crippen molar-refractivity contribution in [3.8, 4) is 6.07 Å². The Morgan fingerprint density at radius 1 is 1.43 bits per heavy atom. The Balaban J connectivity index is 2.61. The van der Waals surface area contributed by atoms with Crippen molar-refractivity contribution in [3.05, 3.63) is 24.5 Å². The van der Waals surface area contributed by atoms with Gasteiger partial charge < -0.3 is 0 Å². The third kappa shape index (κ3) is 2.46. The van der Waals surface area contributed by atoms with E-state index < -0.39 is 0 Å². The second-order valence-corrected chi connectivity index (χ2v) is 3.67. The molecule has 0 aliphatic carbocycles. The van der Waals surface area contributed by atoms with Crippen LogP contribution in [0.1, 0.15) is 25.1 Å². The summed E-state index contributed by atoms with van der Waals surface area (Å²) >= 11 is 0. The summed E-state index contributed by atoms with van der Waals surface area (Å²) < 4.78 is 1.52. The minimum absolute atomic E-state index is 0.0183. The maximum Gasteiger partial charge on any atom is 0.231 e. The molecule has 1 aromatic heterocycles. The summed E-state index contributed by atoms with van der Waals surface area (Å²) in [5.41, 5.74) is 0. The van der Waals surface area contributed by atoms with Crippen molar-refractivity contribution in [2.45, 2.75) is 20.3 Å². The summed E-state index contributed by atoms with van der Waals surface area (Å²) in [6.45, 7) is 3.91. The third-order valence-electron chi connectivity index (χ3n) is 2.26. The quantitative estimate of drug-likeness (QED) is 0.734. The molecule has 1 unspecified atom stereocenters. The molecule has 0 aromatic carbocycles. The van der Waals surface area contributed by atoms with Gasteiger partial charge in [0.05, 0.1) is 12.0 Å². The van der Waals surface area contributed by atoms with Gasteiger partial charge in [0.15, 0.2) is 0 Å². The smallest absolute Gasteiger partial charge is 0.231 e. The van der Waals surface area contributed by atoms with Gasteiger partial charge in [-0.2, -0.15) is 5.26 Å². The first-order valence-corrected chi connectivity index (χ1v) is 4.71. The van der Waals surface area contributed by atoms with Crippen molar-refractivity contribution in [1.29, 1.82) is 5.26 Å². The van der Waals surface area contributed by atoms with Crippen LogP contribution in [0.5, 0.6) is 0 Å². The lowest BCUT2D eigenvalue weighted by molar-refractivity contribution is 0.0881. The van der Waals surface area contributed by atoms with Gasteiger partial charge in [-0.25, -0.2) is 0 Å². The second kappa shape index (κ2) is 4.61. The zero-order valence-corrected chi connectivity index (χ0v) is 8.47. The van der Waals surface area contributed by atoms with Crippen LogP contribution >= 0.6 is 0 Å². The molecule has 0 spiro atoms. The molecule has 0 amide bonds. The van der Waals surface area contributed by atoms with Crippen molar-refractivity contribution in [3.63, 3.8) is 0 Å². The predicted octanol–water partition coefficient (Wildman–Crippen LogP) is 2.31. The molecule has 1 rings (SSSR count). The van der Waals surface area contributed by atoms with Crippen LogP contribution in [0.15, 0.2) is 24.5 Å². The summed E-state index contributed by atoms with van der Waals surface area (Å²) in [4.78, 5) is 11.6. The standard InChI is InChI=1S/C11H14N2O/c1-9(2)10(8-12)7-11(14)13-5-3-4-6-13/h3-6,9-10H,7H2,1-2H3.